The number of rotatable bonds is 8. The van der Waals surface area contributed by atoms with Crippen LogP contribution in [0.5, 0.6) is 5.75 Å². The third-order valence-corrected chi connectivity index (χ3v) is 5.61. The number of amides is 2. The summed E-state index contributed by atoms with van der Waals surface area (Å²) in [6.45, 7) is 4.96. The van der Waals surface area contributed by atoms with Crippen molar-refractivity contribution in [3.63, 3.8) is 0 Å². The average molecular weight is 464 g/mol. The molecular weight excluding hydrogens is 431 g/mol. The second-order valence-corrected chi connectivity index (χ2v) is 9.07. The molecule has 0 aliphatic carbocycles. The highest BCUT2D eigenvalue weighted by molar-refractivity contribution is 5.74. The van der Waals surface area contributed by atoms with E-state index in [9.17, 15) is 18.0 Å². The zero-order valence-corrected chi connectivity index (χ0v) is 19.4. The lowest BCUT2D eigenvalue weighted by Crippen LogP contribution is -2.60. The quantitative estimate of drug-likeness (QED) is 0.605. The lowest BCUT2D eigenvalue weighted by molar-refractivity contribution is -0.113. The van der Waals surface area contributed by atoms with Gasteiger partial charge in [-0.1, -0.05) is 38.1 Å². The molecule has 1 atom stereocenters. The Morgan fingerprint density at radius 1 is 1.15 bits per heavy atom. The Bertz CT molecular complexity index is 904. The van der Waals surface area contributed by atoms with Gasteiger partial charge in [0.25, 0.3) is 5.92 Å². The van der Waals surface area contributed by atoms with Crippen LogP contribution in [-0.2, 0) is 13.1 Å². The smallest absolute Gasteiger partial charge is 0.318 e. The highest BCUT2D eigenvalue weighted by Crippen LogP contribution is 2.32. The molecule has 1 aliphatic rings. The van der Waals surface area contributed by atoms with Crippen molar-refractivity contribution in [2.45, 2.75) is 45.3 Å². The van der Waals surface area contributed by atoms with Crippen molar-refractivity contribution in [1.29, 1.82) is 0 Å². The Hall–Kier alpha value is -2.74. The molecule has 0 unspecified atom stereocenters. The molecule has 180 valence electrons. The molecule has 2 aromatic rings. The fourth-order valence-electron chi connectivity index (χ4n) is 3.84. The lowest BCUT2D eigenvalue weighted by Gasteiger charge is -2.42. The highest BCUT2D eigenvalue weighted by Gasteiger charge is 2.48. The lowest BCUT2D eigenvalue weighted by atomic mass is 9.98. The maximum Gasteiger partial charge on any atom is 0.318 e. The number of nitrogens with one attached hydrogen (secondary N) is 1. The summed E-state index contributed by atoms with van der Waals surface area (Å²) in [5.74, 6) is -2.32. The molecule has 0 spiro atoms. The molecule has 0 bridgehead atoms. The van der Waals surface area contributed by atoms with Gasteiger partial charge in [-0.05, 0) is 54.8 Å². The molecular formula is C25H32F3N3O2. The topological polar surface area (TPSA) is 44.8 Å². The average Bonchev–Trinajstić information content (AvgIpc) is 2.76. The van der Waals surface area contributed by atoms with Gasteiger partial charge >= 0.3 is 6.03 Å². The molecule has 1 aliphatic heterocycles. The molecule has 3 rings (SSSR count). The largest absolute Gasteiger partial charge is 0.493 e. The van der Waals surface area contributed by atoms with Crippen molar-refractivity contribution >= 4 is 6.03 Å². The monoisotopic (exact) mass is 463 g/mol. The van der Waals surface area contributed by atoms with Crippen LogP contribution in [0.1, 0.15) is 31.4 Å². The molecule has 8 heteroatoms. The van der Waals surface area contributed by atoms with E-state index in [4.69, 9.17) is 4.74 Å². The predicted molar refractivity (Wildman–Crippen MR) is 122 cm³/mol. The molecule has 0 saturated carbocycles. The number of likely N-dealkylation sites (tertiary alicyclic amines) is 1. The van der Waals surface area contributed by atoms with Crippen molar-refractivity contribution < 1.29 is 22.7 Å². The molecule has 33 heavy (non-hydrogen) atoms. The van der Waals surface area contributed by atoms with Gasteiger partial charge in [0.05, 0.1) is 19.2 Å². The SMILES string of the molecule is CC(C)COc1ccc(CNC(=O)N(Cc2ccc(F)cc2)[C@@H]2CCN(C)CC2(F)F)cc1. The number of urea groups is 1. The van der Waals surface area contributed by atoms with Crippen LogP contribution in [0.4, 0.5) is 18.0 Å². The van der Waals surface area contributed by atoms with Crippen LogP contribution in [0, 0.1) is 11.7 Å². The van der Waals surface area contributed by atoms with Crippen LogP contribution in [0.15, 0.2) is 48.5 Å². The number of nitrogens with zero attached hydrogens (tertiary/aromatic N) is 2. The van der Waals surface area contributed by atoms with E-state index in [1.807, 2.05) is 24.3 Å². The third-order valence-electron chi connectivity index (χ3n) is 5.61. The Kier molecular flexibility index (Phi) is 8.24. The molecule has 1 heterocycles. The number of benzene rings is 2. The van der Waals surface area contributed by atoms with Crippen molar-refractivity contribution in [3.8, 4) is 5.75 Å². The molecule has 1 saturated heterocycles. The van der Waals surface area contributed by atoms with E-state index in [1.165, 1.54) is 29.2 Å². The maximum atomic E-state index is 14.9. The number of piperidine rings is 1. The van der Waals surface area contributed by atoms with Crippen LogP contribution in [-0.4, -0.2) is 54.5 Å². The number of halogens is 3. The second kappa shape index (κ2) is 10.9. The Labute approximate surface area is 193 Å². The first kappa shape index (κ1) is 24.9. The number of ether oxygens (including phenoxy) is 1. The summed E-state index contributed by atoms with van der Waals surface area (Å²) in [7, 11) is 1.64. The summed E-state index contributed by atoms with van der Waals surface area (Å²) < 4.78 is 48.8. The normalized spacial score (nSPS) is 18.2. The maximum absolute atomic E-state index is 14.9. The number of alkyl halides is 2. The first-order valence-electron chi connectivity index (χ1n) is 11.2. The third kappa shape index (κ3) is 7.12. The van der Waals surface area contributed by atoms with Gasteiger partial charge < -0.3 is 19.9 Å². The van der Waals surface area contributed by atoms with Crippen molar-refractivity contribution in [3.05, 3.63) is 65.5 Å². The van der Waals surface area contributed by atoms with Crippen LogP contribution in [0.2, 0.25) is 0 Å². The van der Waals surface area contributed by atoms with E-state index in [-0.39, 0.29) is 19.5 Å². The van der Waals surface area contributed by atoms with E-state index < -0.39 is 30.4 Å². The molecule has 2 amide bonds. The Morgan fingerprint density at radius 3 is 2.39 bits per heavy atom. The van der Waals surface area contributed by atoms with Crippen LogP contribution < -0.4 is 10.1 Å². The van der Waals surface area contributed by atoms with E-state index in [2.05, 4.69) is 19.2 Å². The predicted octanol–water partition coefficient (Wildman–Crippen LogP) is 4.91. The van der Waals surface area contributed by atoms with Gasteiger partial charge in [-0.15, -0.1) is 0 Å². The van der Waals surface area contributed by atoms with Gasteiger partial charge in [0.2, 0.25) is 0 Å². The second-order valence-electron chi connectivity index (χ2n) is 9.07. The molecule has 2 aromatic carbocycles. The number of carbonyl (C=O) groups is 1. The fourth-order valence-corrected chi connectivity index (χ4v) is 3.84. The molecule has 0 radical (unpaired) electrons. The summed E-state index contributed by atoms with van der Waals surface area (Å²) in [6.07, 6.45) is 0.153. The van der Waals surface area contributed by atoms with Crippen molar-refractivity contribution in [2.24, 2.45) is 5.92 Å². The number of hydrogen-bond donors (Lipinski definition) is 1. The summed E-state index contributed by atoms with van der Waals surface area (Å²) in [6, 6.07) is 11.1. The molecule has 0 aromatic heterocycles. The zero-order valence-electron chi connectivity index (χ0n) is 19.4. The number of carbonyl (C=O) groups excluding carboxylic acids is 1. The summed E-state index contributed by atoms with van der Waals surface area (Å²) in [4.78, 5) is 15.8. The van der Waals surface area contributed by atoms with Gasteiger partial charge in [-0.2, -0.15) is 0 Å². The Balaban J connectivity index is 1.70. The summed E-state index contributed by atoms with van der Waals surface area (Å²) in [5.41, 5.74) is 1.42. The van der Waals surface area contributed by atoms with E-state index in [0.29, 0.717) is 24.6 Å². The summed E-state index contributed by atoms with van der Waals surface area (Å²) in [5, 5.41) is 2.77. The standard InChI is InChI=1S/C25H32F3N3O2/c1-18(2)16-33-22-10-6-19(7-11-22)14-29-24(32)31(15-20-4-8-21(26)9-5-20)23-12-13-30(3)17-25(23,27)28/h4-11,18,23H,12-17H2,1-3H3,(H,29,32)/t23-/m1/s1. The van der Waals surface area contributed by atoms with E-state index >= 15 is 0 Å². The van der Waals surface area contributed by atoms with Crippen LogP contribution in [0.25, 0.3) is 0 Å². The molecule has 1 N–H and O–H groups in total. The highest BCUT2D eigenvalue weighted by atomic mass is 19.3. The van der Waals surface area contributed by atoms with Crippen LogP contribution in [0.3, 0.4) is 0 Å². The van der Waals surface area contributed by atoms with Gasteiger partial charge in [0.15, 0.2) is 0 Å². The minimum absolute atomic E-state index is 0.0297. The fraction of sp³-hybridized carbons (Fsp3) is 0.480. The van der Waals surface area contributed by atoms with Gasteiger partial charge in [0, 0.05) is 19.6 Å². The van der Waals surface area contributed by atoms with E-state index in [1.54, 1.807) is 11.9 Å². The first-order chi connectivity index (χ1) is 15.6. The minimum Gasteiger partial charge on any atom is -0.493 e. The van der Waals surface area contributed by atoms with E-state index in [0.717, 1.165) is 11.3 Å². The summed E-state index contributed by atoms with van der Waals surface area (Å²) >= 11 is 0. The van der Waals surface area contributed by atoms with Gasteiger partial charge in [0.1, 0.15) is 11.6 Å². The van der Waals surface area contributed by atoms with Crippen molar-refractivity contribution in [1.82, 2.24) is 15.1 Å². The van der Waals surface area contributed by atoms with Crippen LogP contribution >= 0.6 is 0 Å². The molecule has 5 nitrogen and oxygen atoms in total. The van der Waals surface area contributed by atoms with Crippen molar-refractivity contribution in [2.75, 3.05) is 26.7 Å². The van der Waals surface area contributed by atoms with Gasteiger partial charge in [-0.3, -0.25) is 0 Å². The Morgan fingerprint density at radius 2 is 1.79 bits per heavy atom. The number of hydrogen-bond acceptors (Lipinski definition) is 3. The molecule has 1 fully saturated rings. The minimum atomic E-state index is -3.06. The first-order valence-corrected chi connectivity index (χ1v) is 11.2. The van der Waals surface area contributed by atoms with Gasteiger partial charge in [-0.25, -0.2) is 18.0 Å². The zero-order chi connectivity index (χ0) is 24.0.